The lowest BCUT2D eigenvalue weighted by atomic mass is 9.85. The fourth-order valence-electron chi connectivity index (χ4n) is 5.98. The number of thiocarbonyl (C=S) groups is 1. The number of amides is 3. The van der Waals surface area contributed by atoms with Crippen LogP contribution in [0.3, 0.4) is 0 Å². The van der Waals surface area contributed by atoms with Crippen LogP contribution < -0.4 is 24.6 Å². The number of carbonyl (C=O) groups is 3. The zero-order valence-electron chi connectivity index (χ0n) is 29.3. The third-order valence-electron chi connectivity index (χ3n) is 8.65. The molecule has 12 nitrogen and oxygen atoms in total. The molecule has 2 aliphatic heterocycles. The van der Waals surface area contributed by atoms with Crippen molar-refractivity contribution < 1.29 is 46.2 Å². The topological polar surface area (TPSA) is 137 Å². The predicted molar refractivity (Wildman–Crippen MR) is 182 cm³/mol. The average Bonchev–Trinajstić information content (AvgIpc) is 3.55. The molecule has 0 spiro atoms. The number of alkyl halides is 3. The number of halogens is 4. The van der Waals surface area contributed by atoms with Crippen molar-refractivity contribution >= 4 is 46.4 Å². The van der Waals surface area contributed by atoms with Gasteiger partial charge in [-0.3, -0.25) is 24.2 Å². The Morgan fingerprint density at radius 3 is 2.39 bits per heavy atom. The number of rotatable bonds is 11. The van der Waals surface area contributed by atoms with Crippen molar-refractivity contribution in [3.63, 3.8) is 0 Å². The Labute approximate surface area is 298 Å². The second-order valence-corrected chi connectivity index (χ2v) is 14.1. The molecule has 0 aliphatic carbocycles. The van der Waals surface area contributed by atoms with E-state index in [1.165, 1.54) is 44.1 Å². The zero-order valence-corrected chi connectivity index (χ0v) is 30.1. The van der Waals surface area contributed by atoms with Gasteiger partial charge >= 0.3 is 6.18 Å². The van der Waals surface area contributed by atoms with E-state index >= 15 is 4.39 Å². The molecule has 2 aliphatic rings. The van der Waals surface area contributed by atoms with Gasteiger partial charge in [-0.2, -0.15) is 23.4 Å². The van der Waals surface area contributed by atoms with Crippen LogP contribution >= 0.6 is 12.2 Å². The van der Waals surface area contributed by atoms with Crippen molar-refractivity contribution in [2.24, 2.45) is 5.41 Å². The molecule has 0 bridgehead atoms. The molecule has 51 heavy (non-hydrogen) atoms. The monoisotopic (exact) mass is 736 g/mol. The molecule has 0 radical (unpaired) electrons. The van der Waals surface area contributed by atoms with Gasteiger partial charge in [-0.05, 0) is 69.4 Å². The van der Waals surface area contributed by atoms with Gasteiger partial charge in [-0.15, -0.1) is 0 Å². The Hall–Kier alpha value is -4.56. The molecule has 2 unspecified atom stereocenters. The number of nitrogens with one attached hydrogen (secondary N) is 1. The normalized spacial score (nSPS) is 18.2. The first kappa shape index (κ1) is 39.2. The minimum Gasteiger partial charge on any atom is -0.479 e. The highest BCUT2D eigenvalue weighted by Crippen LogP contribution is 2.43. The van der Waals surface area contributed by atoms with Gasteiger partial charge in [0.05, 0.1) is 31.0 Å². The van der Waals surface area contributed by atoms with E-state index in [0.29, 0.717) is 11.4 Å². The summed E-state index contributed by atoms with van der Waals surface area (Å²) in [5.41, 5.74) is -5.44. The standard InChI is InChI=1S/C34H40F4N6O6S/c1-19-9-8-14-42(19)29(46)27(32(2,3)4)40-23(45)18-49-15-16-50-24-13-12-22(28(41-24)48-7)44-31(51)43(30(47)33(44,5)6)21-11-10-20(17-39)25(26(21)35)34(36,37)38/h10-13,19,27H,8-9,14-16,18H2,1-7H3,(H,40,45). The molecule has 2 atom stereocenters. The first-order chi connectivity index (χ1) is 23.7. The summed E-state index contributed by atoms with van der Waals surface area (Å²) in [6.45, 7) is 10.8. The number of likely N-dealkylation sites (tertiary alicyclic amines) is 1. The highest BCUT2D eigenvalue weighted by atomic mass is 32.1. The van der Waals surface area contributed by atoms with E-state index in [9.17, 15) is 27.6 Å². The largest absolute Gasteiger partial charge is 0.479 e. The highest BCUT2D eigenvalue weighted by molar-refractivity contribution is 7.81. The van der Waals surface area contributed by atoms with E-state index in [1.807, 2.05) is 27.7 Å². The summed E-state index contributed by atoms with van der Waals surface area (Å²) in [6, 6.07) is 5.26. The van der Waals surface area contributed by atoms with Crippen LogP contribution in [0.5, 0.6) is 11.8 Å². The second kappa shape index (κ2) is 15.0. The van der Waals surface area contributed by atoms with Crippen molar-refractivity contribution in [3.8, 4) is 17.8 Å². The van der Waals surface area contributed by atoms with Gasteiger partial charge in [0.1, 0.15) is 36.0 Å². The predicted octanol–water partition coefficient (Wildman–Crippen LogP) is 4.97. The molecule has 1 N–H and O–H groups in total. The van der Waals surface area contributed by atoms with E-state index in [2.05, 4.69) is 10.3 Å². The lowest BCUT2D eigenvalue weighted by Gasteiger charge is -2.35. The number of nitrogens with zero attached hydrogens (tertiary/aromatic N) is 5. The van der Waals surface area contributed by atoms with E-state index in [-0.39, 0.29) is 54.3 Å². The van der Waals surface area contributed by atoms with Crippen LogP contribution in [-0.4, -0.2) is 83.8 Å². The summed E-state index contributed by atoms with van der Waals surface area (Å²) >= 11 is 5.50. The summed E-state index contributed by atoms with van der Waals surface area (Å²) in [6.07, 6.45) is -3.38. The Morgan fingerprint density at radius 1 is 1.16 bits per heavy atom. The SMILES string of the molecule is COc1nc(OCCOCC(=O)NC(C(=O)N2CCCC2C)C(C)(C)C)ccc1N1C(=S)N(c2ccc(C#N)c(C(F)(F)F)c2F)C(=O)C1(C)C. The number of pyridine rings is 1. The van der Waals surface area contributed by atoms with E-state index in [1.54, 1.807) is 4.90 Å². The van der Waals surface area contributed by atoms with E-state index in [4.69, 9.17) is 31.7 Å². The molecule has 2 aromatic rings. The van der Waals surface area contributed by atoms with Crippen LogP contribution in [-0.2, 0) is 25.3 Å². The van der Waals surface area contributed by atoms with Crippen molar-refractivity contribution in [2.45, 2.75) is 78.2 Å². The Balaban J connectivity index is 1.42. The van der Waals surface area contributed by atoms with Crippen LogP contribution in [0, 0.1) is 22.6 Å². The lowest BCUT2D eigenvalue weighted by molar-refractivity contribution is -0.141. The lowest BCUT2D eigenvalue weighted by Crippen LogP contribution is -2.56. The van der Waals surface area contributed by atoms with Gasteiger partial charge in [0.2, 0.25) is 23.6 Å². The third-order valence-corrected chi connectivity index (χ3v) is 9.01. The van der Waals surface area contributed by atoms with Gasteiger partial charge in [0.25, 0.3) is 5.91 Å². The molecular weight excluding hydrogens is 696 g/mol. The second-order valence-electron chi connectivity index (χ2n) is 13.7. The summed E-state index contributed by atoms with van der Waals surface area (Å²) in [5.74, 6) is -3.23. The Bertz CT molecular complexity index is 1740. The molecule has 276 valence electrons. The summed E-state index contributed by atoms with van der Waals surface area (Å²) in [7, 11) is 1.29. The van der Waals surface area contributed by atoms with Crippen LogP contribution in [0.25, 0.3) is 0 Å². The van der Waals surface area contributed by atoms with Gasteiger partial charge in [-0.1, -0.05) is 20.8 Å². The van der Waals surface area contributed by atoms with Crippen LogP contribution in [0.1, 0.15) is 65.5 Å². The highest BCUT2D eigenvalue weighted by Gasteiger charge is 2.53. The number of anilines is 2. The van der Waals surface area contributed by atoms with Crippen LogP contribution in [0.4, 0.5) is 28.9 Å². The maximum atomic E-state index is 15.4. The quantitative estimate of drug-likeness (QED) is 0.191. The minimum atomic E-state index is -5.22. The molecule has 3 heterocycles. The fraction of sp³-hybridized carbons (Fsp3) is 0.529. The number of hydrogen-bond acceptors (Lipinski definition) is 9. The molecule has 4 rings (SSSR count). The minimum absolute atomic E-state index is 0.0147. The van der Waals surface area contributed by atoms with E-state index < -0.39 is 57.6 Å². The fourth-order valence-corrected chi connectivity index (χ4v) is 6.49. The number of benzene rings is 1. The number of hydrogen-bond donors (Lipinski definition) is 1. The summed E-state index contributed by atoms with van der Waals surface area (Å²) in [5, 5.41) is 11.6. The van der Waals surface area contributed by atoms with Gasteiger partial charge < -0.3 is 24.4 Å². The van der Waals surface area contributed by atoms with Crippen molar-refractivity contribution in [1.82, 2.24) is 15.2 Å². The van der Waals surface area contributed by atoms with Gasteiger partial charge in [0.15, 0.2) is 10.9 Å². The molecule has 2 fully saturated rings. The number of ether oxygens (including phenoxy) is 3. The number of nitriles is 1. The maximum absolute atomic E-state index is 15.4. The van der Waals surface area contributed by atoms with Crippen LogP contribution in [0.2, 0.25) is 0 Å². The summed E-state index contributed by atoms with van der Waals surface area (Å²) < 4.78 is 73.1. The van der Waals surface area contributed by atoms with E-state index in [0.717, 1.165) is 25.0 Å². The third kappa shape index (κ3) is 8.01. The molecule has 17 heteroatoms. The average molecular weight is 737 g/mol. The number of carbonyl (C=O) groups excluding carboxylic acids is 3. The number of aromatic nitrogens is 1. The first-order valence-electron chi connectivity index (χ1n) is 16.1. The molecule has 3 amide bonds. The Kier molecular flexibility index (Phi) is 11.5. The Morgan fingerprint density at radius 2 is 1.82 bits per heavy atom. The molecule has 0 saturated carbocycles. The maximum Gasteiger partial charge on any atom is 0.420 e. The molecule has 1 aromatic carbocycles. The molecular formula is C34H40F4N6O6S. The van der Waals surface area contributed by atoms with Crippen LogP contribution in [0.15, 0.2) is 24.3 Å². The zero-order chi connectivity index (χ0) is 38.1. The smallest absolute Gasteiger partial charge is 0.420 e. The molecule has 2 saturated heterocycles. The van der Waals surface area contributed by atoms with Gasteiger partial charge in [0, 0.05) is 18.7 Å². The van der Waals surface area contributed by atoms with Crippen molar-refractivity contribution in [3.05, 3.63) is 41.2 Å². The van der Waals surface area contributed by atoms with Gasteiger partial charge in [-0.25, -0.2) is 4.39 Å². The van der Waals surface area contributed by atoms with Crippen molar-refractivity contribution in [2.75, 3.05) is 43.3 Å². The molecule has 1 aromatic heterocycles. The first-order valence-corrected chi connectivity index (χ1v) is 16.5. The summed E-state index contributed by atoms with van der Waals surface area (Å²) in [4.78, 5) is 47.5. The van der Waals surface area contributed by atoms with Crippen molar-refractivity contribution in [1.29, 1.82) is 5.26 Å². The number of methoxy groups -OCH3 is 1.